The number of nitro groups is 2. The highest BCUT2D eigenvalue weighted by molar-refractivity contribution is 6.33. The zero-order valence-corrected chi connectivity index (χ0v) is 18.2. The number of hydrogen-bond acceptors (Lipinski definition) is 8. The largest absolute Gasteiger partial charge is 0.367 e. The van der Waals surface area contributed by atoms with Crippen LogP contribution in [-0.4, -0.2) is 61.8 Å². The Balaban J connectivity index is 1.50. The zero-order chi connectivity index (χ0) is 23.7. The minimum Gasteiger partial charge on any atom is -0.367 e. The quantitative estimate of drug-likeness (QED) is 0.408. The number of benzene rings is 2. The summed E-state index contributed by atoms with van der Waals surface area (Å²) in [5.41, 5.74) is 1.73. The van der Waals surface area contributed by atoms with Crippen molar-refractivity contribution in [2.75, 3.05) is 31.1 Å². The van der Waals surface area contributed by atoms with Gasteiger partial charge in [0.05, 0.1) is 31.9 Å². The average Bonchev–Trinajstić information content (AvgIpc) is 3.20. The van der Waals surface area contributed by atoms with Crippen molar-refractivity contribution >= 4 is 34.6 Å². The summed E-state index contributed by atoms with van der Waals surface area (Å²) in [6.45, 7) is 3.45. The maximum Gasteiger partial charge on any atom is 0.274 e. The zero-order valence-electron chi connectivity index (χ0n) is 17.4. The number of rotatable bonds is 5. The van der Waals surface area contributed by atoms with Crippen LogP contribution in [0.3, 0.4) is 0 Å². The van der Waals surface area contributed by atoms with Crippen molar-refractivity contribution in [1.82, 2.24) is 19.9 Å². The monoisotopic (exact) mass is 471 g/mol. The lowest BCUT2D eigenvalue weighted by atomic mass is 10.2. The maximum absolute atomic E-state index is 13.3. The van der Waals surface area contributed by atoms with E-state index in [1.807, 2.05) is 4.90 Å². The predicted octanol–water partition coefficient (Wildman–Crippen LogP) is 3.01. The van der Waals surface area contributed by atoms with Crippen LogP contribution in [0, 0.1) is 27.2 Å². The average molecular weight is 472 g/mol. The van der Waals surface area contributed by atoms with Gasteiger partial charge in [0.1, 0.15) is 0 Å². The minimum absolute atomic E-state index is 0.0653. The molecular formula is C20H18ClN7O5. The minimum atomic E-state index is -0.503. The summed E-state index contributed by atoms with van der Waals surface area (Å²) in [5, 5.41) is 30.2. The van der Waals surface area contributed by atoms with Gasteiger partial charge in [-0.25, -0.2) is 4.68 Å². The highest BCUT2D eigenvalue weighted by Gasteiger charge is 2.28. The number of carbonyl (C=O) groups is 1. The van der Waals surface area contributed by atoms with E-state index in [1.54, 1.807) is 17.9 Å². The summed E-state index contributed by atoms with van der Waals surface area (Å²) >= 11 is 6.24. The number of anilines is 1. The number of halogens is 1. The van der Waals surface area contributed by atoms with Gasteiger partial charge in [-0.2, -0.15) is 0 Å². The molecule has 0 saturated carbocycles. The molecule has 13 heteroatoms. The number of aryl methyl sites for hydroxylation is 1. The van der Waals surface area contributed by atoms with Gasteiger partial charge in [-0.05, 0) is 25.1 Å². The molecule has 1 aromatic heterocycles. The number of amides is 1. The van der Waals surface area contributed by atoms with Gasteiger partial charge >= 0.3 is 0 Å². The molecule has 2 aromatic carbocycles. The van der Waals surface area contributed by atoms with Crippen LogP contribution in [0.4, 0.5) is 17.1 Å². The molecule has 1 fully saturated rings. The molecule has 1 aliphatic rings. The van der Waals surface area contributed by atoms with Crippen molar-refractivity contribution in [3.05, 3.63) is 79.1 Å². The van der Waals surface area contributed by atoms with Crippen LogP contribution in [0.25, 0.3) is 5.69 Å². The van der Waals surface area contributed by atoms with E-state index in [0.717, 1.165) is 0 Å². The fraction of sp³-hybridized carbons (Fsp3) is 0.250. The van der Waals surface area contributed by atoms with E-state index in [0.29, 0.717) is 43.2 Å². The Kier molecular flexibility index (Phi) is 5.92. The van der Waals surface area contributed by atoms with Gasteiger partial charge in [0, 0.05) is 50.4 Å². The van der Waals surface area contributed by atoms with Crippen LogP contribution in [0.1, 0.15) is 16.2 Å². The molecule has 3 aromatic rings. The number of nitrogens with zero attached hydrogens (tertiary/aromatic N) is 7. The van der Waals surface area contributed by atoms with E-state index < -0.39 is 9.85 Å². The van der Waals surface area contributed by atoms with Gasteiger partial charge in [-0.15, -0.1) is 5.10 Å². The van der Waals surface area contributed by atoms with Crippen molar-refractivity contribution in [1.29, 1.82) is 0 Å². The standard InChI is InChI=1S/C20H18ClN7O5/c1-13-19(26(23-22-13)14-2-4-15(5-3-14)27(30)31)20(29)25-10-8-24(9-11-25)18-7-6-16(28(32)33)12-17(18)21/h2-7,12H,8-11H2,1H3. The Bertz CT molecular complexity index is 1240. The SMILES string of the molecule is Cc1nnn(-c2ccc([N+](=O)[O-])cc2)c1C(=O)N1CCN(c2ccc([N+](=O)[O-])cc2Cl)CC1. The number of carbonyl (C=O) groups excluding carboxylic acids is 1. The smallest absolute Gasteiger partial charge is 0.274 e. The first-order valence-electron chi connectivity index (χ1n) is 9.91. The van der Waals surface area contributed by atoms with Crippen LogP contribution in [-0.2, 0) is 0 Å². The van der Waals surface area contributed by atoms with E-state index in [2.05, 4.69) is 10.3 Å². The number of non-ortho nitro benzene ring substituents is 2. The molecule has 4 rings (SSSR count). The first-order valence-corrected chi connectivity index (χ1v) is 10.3. The summed E-state index contributed by atoms with van der Waals surface area (Å²) in [5.74, 6) is -0.259. The van der Waals surface area contributed by atoms with Crippen molar-refractivity contribution in [3.63, 3.8) is 0 Å². The molecule has 0 N–H and O–H groups in total. The maximum atomic E-state index is 13.3. The summed E-state index contributed by atoms with van der Waals surface area (Å²) in [7, 11) is 0. The molecule has 12 nitrogen and oxygen atoms in total. The molecule has 1 amide bonds. The van der Waals surface area contributed by atoms with E-state index in [1.165, 1.54) is 41.1 Å². The molecule has 33 heavy (non-hydrogen) atoms. The van der Waals surface area contributed by atoms with Crippen LogP contribution in [0.5, 0.6) is 0 Å². The Morgan fingerprint density at radius 1 is 0.970 bits per heavy atom. The van der Waals surface area contributed by atoms with E-state index in [-0.39, 0.29) is 28.0 Å². The Morgan fingerprint density at radius 3 is 2.15 bits per heavy atom. The second-order valence-electron chi connectivity index (χ2n) is 7.38. The predicted molar refractivity (Wildman–Crippen MR) is 119 cm³/mol. The lowest BCUT2D eigenvalue weighted by Gasteiger charge is -2.36. The molecule has 1 saturated heterocycles. The normalized spacial score (nSPS) is 13.8. The molecular weight excluding hydrogens is 454 g/mol. The van der Waals surface area contributed by atoms with Crippen LogP contribution in [0.15, 0.2) is 42.5 Å². The fourth-order valence-corrected chi connectivity index (χ4v) is 3.96. The Labute approximate surface area is 192 Å². The molecule has 0 aliphatic carbocycles. The van der Waals surface area contributed by atoms with Gasteiger partial charge in [0.2, 0.25) is 0 Å². The van der Waals surface area contributed by atoms with Crippen molar-refractivity contribution < 1.29 is 14.6 Å². The molecule has 1 aliphatic heterocycles. The lowest BCUT2D eigenvalue weighted by molar-refractivity contribution is -0.385. The topological polar surface area (TPSA) is 141 Å². The Hall–Kier alpha value is -4.06. The van der Waals surface area contributed by atoms with Gasteiger partial charge in [0.15, 0.2) is 5.69 Å². The number of piperazine rings is 1. The molecule has 0 atom stereocenters. The molecule has 0 radical (unpaired) electrons. The molecule has 0 bridgehead atoms. The van der Waals surface area contributed by atoms with E-state index in [9.17, 15) is 25.0 Å². The van der Waals surface area contributed by atoms with Crippen LogP contribution >= 0.6 is 11.6 Å². The van der Waals surface area contributed by atoms with Crippen molar-refractivity contribution in [2.45, 2.75) is 6.92 Å². The summed E-state index contributed by atoms with van der Waals surface area (Å²) in [6.07, 6.45) is 0. The van der Waals surface area contributed by atoms with Gasteiger partial charge in [-0.1, -0.05) is 16.8 Å². The lowest BCUT2D eigenvalue weighted by Crippen LogP contribution is -2.49. The molecule has 0 unspecified atom stereocenters. The third-order valence-corrected chi connectivity index (χ3v) is 5.70. The molecule has 0 spiro atoms. The third kappa shape index (κ3) is 4.32. The third-order valence-electron chi connectivity index (χ3n) is 5.40. The van der Waals surface area contributed by atoms with Crippen LogP contribution in [0.2, 0.25) is 5.02 Å². The molecule has 170 valence electrons. The highest BCUT2D eigenvalue weighted by atomic mass is 35.5. The number of hydrogen-bond donors (Lipinski definition) is 0. The van der Waals surface area contributed by atoms with Gasteiger partial charge in [0.25, 0.3) is 17.3 Å². The highest BCUT2D eigenvalue weighted by Crippen LogP contribution is 2.30. The molecule has 2 heterocycles. The summed E-state index contributed by atoms with van der Waals surface area (Å²) in [6, 6.07) is 10.0. The summed E-state index contributed by atoms with van der Waals surface area (Å²) in [4.78, 5) is 37.7. The van der Waals surface area contributed by atoms with Crippen LogP contribution < -0.4 is 4.90 Å². The van der Waals surface area contributed by atoms with Crippen molar-refractivity contribution in [3.8, 4) is 5.69 Å². The van der Waals surface area contributed by atoms with E-state index >= 15 is 0 Å². The first-order chi connectivity index (χ1) is 15.8. The summed E-state index contributed by atoms with van der Waals surface area (Å²) < 4.78 is 1.38. The second kappa shape index (κ2) is 8.82. The fourth-order valence-electron chi connectivity index (χ4n) is 3.66. The number of nitro benzene ring substituents is 2. The van der Waals surface area contributed by atoms with Gasteiger partial charge in [-0.3, -0.25) is 25.0 Å². The second-order valence-corrected chi connectivity index (χ2v) is 7.79. The Morgan fingerprint density at radius 2 is 1.58 bits per heavy atom. The van der Waals surface area contributed by atoms with E-state index in [4.69, 9.17) is 11.6 Å². The first kappa shape index (κ1) is 22.1. The van der Waals surface area contributed by atoms with Gasteiger partial charge < -0.3 is 9.80 Å². The number of aromatic nitrogens is 3. The van der Waals surface area contributed by atoms with Crippen molar-refractivity contribution in [2.24, 2.45) is 0 Å².